The first-order valence-electron chi connectivity index (χ1n) is 10.2. The molecule has 5 rings (SSSR count). The number of carbonyl (C=O) groups excluding carboxylic acids is 2. The largest absolute Gasteiger partial charge is 0.352 e. The maximum Gasteiger partial charge on any atom is 0.315 e. The lowest BCUT2D eigenvalue weighted by molar-refractivity contribution is -0.121. The zero-order valence-corrected chi connectivity index (χ0v) is 15.1. The van der Waals surface area contributed by atoms with E-state index in [1.807, 2.05) is 0 Å². The Labute approximate surface area is 150 Å². The minimum absolute atomic E-state index is 0.0313. The molecule has 1 atom stereocenters. The molecule has 4 aliphatic carbocycles. The van der Waals surface area contributed by atoms with Gasteiger partial charge in [0, 0.05) is 31.1 Å². The highest BCUT2D eigenvalue weighted by atomic mass is 16.2. The Morgan fingerprint density at radius 1 is 1.04 bits per heavy atom. The summed E-state index contributed by atoms with van der Waals surface area (Å²) in [5, 5.41) is 12.5. The van der Waals surface area contributed by atoms with Crippen LogP contribution in [0.15, 0.2) is 0 Å². The molecule has 4 saturated carbocycles. The van der Waals surface area contributed by atoms with Crippen molar-refractivity contribution in [2.24, 2.45) is 17.8 Å². The molecule has 1 aliphatic heterocycles. The molecule has 140 valence electrons. The number of amides is 3. The number of urea groups is 1. The number of carbonyl (C=O) groups is 2. The van der Waals surface area contributed by atoms with Crippen molar-refractivity contribution >= 4 is 11.9 Å². The maximum atomic E-state index is 12.3. The Kier molecular flexibility index (Phi) is 4.89. The van der Waals surface area contributed by atoms with Crippen molar-refractivity contribution in [3.63, 3.8) is 0 Å². The molecule has 4 N–H and O–H groups in total. The van der Waals surface area contributed by atoms with Crippen LogP contribution in [-0.2, 0) is 4.79 Å². The van der Waals surface area contributed by atoms with Crippen molar-refractivity contribution in [2.75, 3.05) is 19.6 Å². The van der Waals surface area contributed by atoms with Gasteiger partial charge in [-0.3, -0.25) is 4.79 Å². The molecule has 6 nitrogen and oxygen atoms in total. The molecule has 0 radical (unpaired) electrons. The molecular weight excluding hydrogens is 316 g/mol. The third-order valence-electron chi connectivity index (χ3n) is 6.72. The second-order valence-corrected chi connectivity index (χ2v) is 8.94. The van der Waals surface area contributed by atoms with Crippen LogP contribution >= 0.6 is 0 Å². The molecule has 5 aliphatic rings. The van der Waals surface area contributed by atoms with Gasteiger partial charge in [0.2, 0.25) is 5.91 Å². The molecule has 1 unspecified atom stereocenters. The Bertz CT molecular complexity index is 480. The van der Waals surface area contributed by atoms with Crippen molar-refractivity contribution in [2.45, 2.75) is 69.4 Å². The van der Waals surface area contributed by atoms with Gasteiger partial charge in [0.1, 0.15) is 0 Å². The van der Waals surface area contributed by atoms with Crippen molar-refractivity contribution in [3.8, 4) is 0 Å². The van der Waals surface area contributed by atoms with Gasteiger partial charge < -0.3 is 21.3 Å². The molecule has 4 bridgehead atoms. The van der Waals surface area contributed by atoms with E-state index < -0.39 is 0 Å². The molecule has 1 heterocycles. The molecule has 25 heavy (non-hydrogen) atoms. The van der Waals surface area contributed by atoms with Crippen LogP contribution in [0.1, 0.15) is 57.8 Å². The number of nitrogens with one attached hydrogen (secondary N) is 4. The first-order chi connectivity index (χ1) is 12.1. The van der Waals surface area contributed by atoms with Gasteiger partial charge >= 0.3 is 6.03 Å². The van der Waals surface area contributed by atoms with E-state index in [9.17, 15) is 9.59 Å². The summed E-state index contributed by atoms with van der Waals surface area (Å²) in [4.78, 5) is 24.3. The first kappa shape index (κ1) is 17.1. The van der Waals surface area contributed by atoms with Gasteiger partial charge in [-0.1, -0.05) is 0 Å². The van der Waals surface area contributed by atoms with E-state index in [0.29, 0.717) is 13.0 Å². The van der Waals surface area contributed by atoms with Gasteiger partial charge in [-0.2, -0.15) is 0 Å². The lowest BCUT2D eigenvalue weighted by Crippen LogP contribution is -2.61. The summed E-state index contributed by atoms with van der Waals surface area (Å²) in [6, 6.07) is 0.149. The van der Waals surface area contributed by atoms with Gasteiger partial charge in [0.25, 0.3) is 0 Å². The molecule has 3 amide bonds. The molecule has 0 aromatic carbocycles. The predicted molar refractivity (Wildman–Crippen MR) is 96.1 cm³/mol. The summed E-state index contributed by atoms with van der Waals surface area (Å²) >= 11 is 0. The van der Waals surface area contributed by atoms with Crippen LogP contribution in [0.5, 0.6) is 0 Å². The summed E-state index contributed by atoms with van der Waals surface area (Å²) in [5.74, 6) is 2.49. The molecule has 1 saturated heterocycles. The summed E-state index contributed by atoms with van der Waals surface area (Å²) in [7, 11) is 0. The van der Waals surface area contributed by atoms with E-state index in [0.717, 1.165) is 62.9 Å². The summed E-state index contributed by atoms with van der Waals surface area (Å²) in [5.41, 5.74) is 0.0366. The van der Waals surface area contributed by atoms with Crippen LogP contribution in [0.2, 0.25) is 0 Å². The number of rotatable bonds is 5. The fraction of sp³-hybridized carbons (Fsp3) is 0.895. The SMILES string of the molecule is O=C(CCNC(=O)NC12CC3CC(CC(C3)C1)C2)NC1CCCNC1. The number of piperidine rings is 1. The van der Waals surface area contributed by atoms with E-state index in [4.69, 9.17) is 0 Å². The van der Waals surface area contributed by atoms with E-state index in [2.05, 4.69) is 21.3 Å². The zero-order valence-electron chi connectivity index (χ0n) is 15.1. The Hall–Kier alpha value is -1.30. The van der Waals surface area contributed by atoms with Crippen LogP contribution in [0, 0.1) is 17.8 Å². The van der Waals surface area contributed by atoms with Crippen LogP contribution < -0.4 is 21.3 Å². The third kappa shape index (κ3) is 4.10. The zero-order chi connectivity index (χ0) is 17.3. The van der Waals surface area contributed by atoms with Crippen LogP contribution in [-0.4, -0.2) is 43.2 Å². The van der Waals surface area contributed by atoms with Crippen LogP contribution in [0.25, 0.3) is 0 Å². The highest BCUT2D eigenvalue weighted by Crippen LogP contribution is 2.55. The molecule has 0 aromatic rings. The maximum absolute atomic E-state index is 12.3. The first-order valence-corrected chi connectivity index (χ1v) is 10.2. The standard InChI is InChI=1S/C19H32N4O2/c24-17(22-16-2-1-4-20-12-16)3-5-21-18(25)23-19-9-13-6-14(10-19)8-15(7-13)11-19/h13-16,20H,1-12H2,(H,22,24)(H2,21,23,25). The highest BCUT2D eigenvalue weighted by molar-refractivity contribution is 5.78. The second kappa shape index (κ2) is 7.14. The Balaban J connectivity index is 1.17. The van der Waals surface area contributed by atoms with Gasteiger partial charge in [-0.25, -0.2) is 4.79 Å². The molecule has 0 aromatic heterocycles. The predicted octanol–water partition coefficient (Wildman–Crippen LogP) is 1.51. The van der Waals surface area contributed by atoms with E-state index >= 15 is 0 Å². The topological polar surface area (TPSA) is 82.3 Å². The Morgan fingerprint density at radius 2 is 1.72 bits per heavy atom. The quantitative estimate of drug-likeness (QED) is 0.608. The molecular formula is C19H32N4O2. The van der Waals surface area contributed by atoms with Gasteiger partial charge in [-0.15, -0.1) is 0 Å². The fourth-order valence-electron chi connectivity index (χ4n) is 6.11. The smallest absolute Gasteiger partial charge is 0.315 e. The van der Waals surface area contributed by atoms with Crippen LogP contribution in [0.4, 0.5) is 4.79 Å². The van der Waals surface area contributed by atoms with Gasteiger partial charge in [0.15, 0.2) is 0 Å². The second-order valence-electron chi connectivity index (χ2n) is 8.94. The molecule has 6 heteroatoms. The highest BCUT2D eigenvalue weighted by Gasteiger charge is 2.51. The number of hydrogen-bond donors (Lipinski definition) is 4. The normalized spacial score (nSPS) is 39.0. The van der Waals surface area contributed by atoms with Crippen molar-refractivity contribution < 1.29 is 9.59 Å². The van der Waals surface area contributed by atoms with E-state index in [-0.39, 0.29) is 23.5 Å². The average molecular weight is 348 g/mol. The summed E-state index contributed by atoms with van der Waals surface area (Å²) in [6.07, 6.45) is 10.1. The fourth-order valence-corrected chi connectivity index (χ4v) is 6.11. The van der Waals surface area contributed by atoms with Crippen LogP contribution in [0.3, 0.4) is 0 Å². The average Bonchev–Trinajstić information content (AvgIpc) is 2.53. The summed E-state index contributed by atoms with van der Waals surface area (Å²) < 4.78 is 0. The Morgan fingerprint density at radius 3 is 2.32 bits per heavy atom. The monoisotopic (exact) mass is 348 g/mol. The lowest BCUT2D eigenvalue weighted by atomic mass is 9.53. The van der Waals surface area contributed by atoms with Crippen molar-refractivity contribution in [1.82, 2.24) is 21.3 Å². The minimum Gasteiger partial charge on any atom is -0.352 e. The minimum atomic E-state index is -0.0888. The van der Waals surface area contributed by atoms with Gasteiger partial charge in [-0.05, 0) is 75.7 Å². The molecule has 0 spiro atoms. The summed E-state index contributed by atoms with van der Waals surface area (Å²) in [6.45, 7) is 2.30. The van der Waals surface area contributed by atoms with Crippen molar-refractivity contribution in [3.05, 3.63) is 0 Å². The van der Waals surface area contributed by atoms with E-state index in [1.165, 1.54) is 19.3 Å². The van der Waals surface area contributed by atoms with Crippen molar-refractivity contribution in [1.29, 1.82) is 0 Å². The lowest BCUT2D eigenvalue weighted by Gasteiger charge is -2.56. The van der Waals surface area contributed by atoms with E-state index in [1.54, 1.807) is 0 Å². The third-order valence-corrected chi connectivity index (χ3v) is 6.72. The van der Waals surface area contributed by atoms with Gasteiger partial charge in [0.05, 0.1) is 0 Å². The molecule has 5 fully saturated rings. The number of hydrogen-bond acceptors (Lipinski definition) is 3.